The number of nitrogens with one attached hydrogen (secondary N) is 3. The molecule has 0 aliphatic carbocycles. The zero-order valence-electron chi connectivity index (χ0n) is 16.7. The minimum Gasteiger partial charge on any atom is -0.508 e. The van der Waals surface area contributed by atoms with Crippen LogP contribution < -0.4 is 16.1 Å². The molecule has 0 fully saturated rings. The van der Waals surface area contributed by atoms with Gasteiger partial charge in [0.25, 0.3) is 5.56 Å². The molecular formula is C21H20ClN3O6. The number of halogens is 1. The molecule has 0 aliphatic rings. The van der Waals surface area contributed by atoms with Gasteiger partial charge < -0.3 is 19.6 Å². The fraction of sp³-hybridized carbons (Fsp3) is 0.190. The number of hydrogen-bond donors (Lipinski definition) is 4. The molecule has 3 aromatic rings. The van der Waals surface area contributed by atoms with Crippen molar-refractivity contribution in [1.82, 2.24) is 15.2 Å². The number of aromatic hydroxyl groups is 1. The van der Waals surface area contributed by atoms with Crippen LogP contribution in [0, 0.1) is 0 Å². The summed E-state index contributed by atoms with van der Waals surface area (Å²) in [5.74, 6) is -1.13. The monoisotopic (exact) mass is 445 g/mol. The summed E-state index contributed by atoms with van der Waals surface area (Å²) >= 11 is 6.21. The summed E-state index contributed by atoms with van der Waals surface area (Å²) in [5.41, 5.74) is 0.994. The van der Waals surface area contributed by atoms with Crippen LogP contribution in [0.5, 0.6) is 5.75 Å². The first kappa shape index (κ1) is 22.0. The van der Waals surface area contributed by atoms with Crippen LogP contribution in [0.4, 0.5) is 0 Å². The number of H-pyrrole nitrogens is 3. The largest absolute Gasteiger partial charge is 0.508 e. The van der Waals surface area contributed by atoms with E-state index in [4.69, 9.17) is 16.3 Å². The molecule has 4 N–H and O–H groups in total. The lowest BCUT2D eigenvalue weighted by atomic mass is 10.1. The molecule has 162 valence electrons. The van der Waals surface area contributed by atoms with E-state index in [1.807, 2.05) is 0 Å². The van der Waals surface area contributed by atoms with Gasteiger partial charge in [-0.15, -0.1) is 0 Å². The molecule has 10 heteroatoms. The SMILES string of the molecule is COC(=O)Cc1c(Cl)[nH]c(C=c2c(=O)[nH][nH]c2=CCc2ccc(O)cc2)c1C(=O)OC. The van der Waals surface area contributed by atoms with Crippen molar-refractivity contribution in [3.63, 3.8) is 0 Å². The summed E-state index contributed by atoms with van der Waals surface area (Å²) in [6, 6.07) is 6.67. The average Bonchev–Trinajstić information content (AvgIpc) is 3.26. The highest BCUT2D eigenvalue weighted by molar-refractivity contribution is 6.31. The van der Waals surface area contributed by atoms with Gasteiger partial charge in [-0.2, -0.15) is 0 Å². The van der Waals surface area contributed by atoms with Crippen molar-refractivity contribution >= 4 is 35.7 Å². The highest BCUT2D eigenvalue weighted by atomic mass is 35.5. The van der Waals surface area contributed by atoms with E-state index in [2.05, 4.69) is 19.9 Å². The Morgan fingerprint density at radius 1 is 1.13 bits per heavy atom. The van der Waals surface area contributed by atoms with E-state index >= 15 is 0 Å². The molecule has 0 saturated heterocycles. The Hall–Kier alpha value is -3.72. The normalized spacial score (nSPS) is 12.2. The van der Waals surface area contributed by atoms with Gasteiger partial charge in [0.05, 0.1) is 42.5 Å². The number of rotatable bonds is 6. The van der Waals surface area contributed by atoms with Gasteiger partial charge in [0, 0.05) is 5.56 Å². The second-order valence-electron chi connectivity index (χ2n) is 6.58. The Kier molecular flexibility index (Phi) is 6.66. The minimum absolute atomic E-state index is 0.0444. The highest BCUT2D eigenvalue weighted by Gasteiger charge is 2.24. The lowest BCUT2D eigenvalue weighted by Crippen LogP contribution is -2.33. The Morgan fingerprint density at radius 3 is 2.48 bits per heavy atom. The van der Waals surface area contributed by atoms with E-state index in [9.17, 15) is 19.5 Å². The van der Waals surface area contributed by atoms with Crippen molar-refractivity contribution in [2.75, 3.05) is 14.2 Å². The van der Waals surface area contributed by atoms with Crippen LogP contribution in [-0.2, 0) is 27.1 Å². The van der Waals surface area contributed by atoms with Crippen LogP contribution in [0.1, 0.15) is 27.2 Å². The molecule has 2 aromatic heterocycles. The van der Waals surface area contributed by atoms with Crippen molar-refractivity contribution in [3.05, 3.63) is 72.7 Å². The van der Waals surface area contributed by atoms with Crippen LogP contribution in [0.3, 0.4) is 0 Å². The Labute approximate surface area is 181 Å². The number of methoxy groups -OCH3 is 2. The van der Waals surface area contributed by atoms with Gasteiger partial charge in [0.15, 0.2) is 0 Å². The number of aromatic amines is 3. The second-order valence-corrected chi connectivity index (χ2v) is 6.95. The first-order valence-electron chi connectivity index (χ1n) is 9.16. The van der Waals surface area contributed by atoms with E-state index in [1.54, 1.807) is 30.3 Å². The lowest BCUT2D eigenvalue weighted by Gasteiger charge is -2.03. The maximum absolute atomic E-state index is 12.4. The van der Waals surface area contributed by atoms with Crippen LogP contribution >= 0.6 is 11.6 Å². The average molecular weight is 446 g/mol. The highest BCUT2D eigenvalue weighted by Crippen LogP contribution is 2.25. The smallest absolute Gasteiger partial charge is 0.340 e. The predicted molar refractivity (Wildman–Crippen MR) is 113 cm³/mol. The molecular weight excluding hydrogens is 426 g/mol. The topological polar surface area (TPSA) is 137 Å². The molecule has 31 heavy (non-hydrogen) atoms. The van der Waals surface area contributed by atoms with Crippen LogP contribution in [-0.4, -0.2) is 46.4 Å². The molecule has 0 aliphatic heterocycles. The molecule has 1 aromatic carbocycles. The van der Waals surface area contributed by atoms with Gasteiger partial charge >= 0.3 is 11.9 Å². The minimum atomic E-state index is -0.713. The molecule has 0 atom stereocenters. The third-order valence-corrected chi connectivity index (χ3v) is 4.95. The quantitative estimate of drug-likeness (QED) is 0.413. The maximum atomic E-state index is 12.4. The van der Waals surface area contributed by atoms with E-state index in [0.29, 0.717) is 11.8 Å². The maximum Gasteiger partial charge on any atom is 0.340 e. The molecule has 3 rings (SSSR count). The number of benzene rings is 1. The van der Waals surface area contributed by atoms with Crippen molar-refractivity contribution in [3.8, 4) is 5.75 Å². The first-order chi connectivity index (χ1) is 14.8. The number of esters is 2. The van der Waals surface area contributed by atoms with Gasteiger partial charge in [-0.25, -0.2) is 4.79 Å². The van der Waals surface area contributed by atoms with Crippen molar-refractivity contribution in [2.45, 2.75) is 12.8 Å². The molecule has 0 spiro atoms. The lowest BCUT2D eigenvalue weighted by molar-refractivity contribution is -0.139. The summed E-state index contributed by atoms with van der Waals surface area (Å²) < 4.78 is 9.49. The summed E-state index contributed by atoms with van der Waals surface area (Å²) in [6.45, 7) is 0. The van der Waals surface area contributed by atoms with E-state index in [-0.39, 0.29) is 39.4 Å². The van der Waals surface area contributed by atoms with Crippen LogP contribution in [0.2, 0.25) is 5.15 Å². The fourth-order valence-electron chi connectivity index (χ4n) is 3.04. The summed E-state index contributed by atoms with van der Waals surface area (Å²) in [5, 5.41) is 15.5. The molecule has 9 nitrogen and oxygen atoms in total. The molecule has 0 saturated carbocycles. The second kappa shape index (κ2) is 9.40. The summed E-state index contributed by atoms with van der Waals surface area (Å²) in [7, 11) is 2.43. The van der Waals surface area contributed by atoms with Crippen molar-refractivity contribution < 1.29 is 24.2 Å². The van der Waals surface area contributed by atoms with Gasteiger partial charge in [0.1, 0.15) is 10.9 Å². The summed E-state index contributed by atoms with van der Waals surface area (Å²) in [4.78, 5) is 39.3. The number of aromatic nitrogens is 3. The zero-order valence-corrected chi connectivity index (χ0v) is 17.5. The predicted octanol–water partition coefficient (Wildman–Crippen LogP) is 0.744. The van der Waals surface area contributed by atoms with Gasteiger partial charge in [0.2, 0.25) is 0 Å². The Morgan fingerprint density at radius 2 is 1.84 bits per heavy atom. The third-order valence-electron chi connectivity index (χ3n) is 4.63. The number of phenols is 1. The van der Waals surface area contributed by atoms with Crippen molar-refractivity contribution in [1.29, 1.82) is 0 Å². The molecule has 0 bridgehead atoms. The Bertz CT molecular complexity index is 1280. The van der Waals surface area contributed by atoms with Gasteiger partial charge in [-0.05, 0) is 30.2 Å². The standard InChI is InChI=1S/C21H20ClN3O6/c1-30-17(27)10-14-18(21(29)31-2)16(23-19(14)22)9-13-15(24-25-20(13)28)8-5-11-3-6-12(26)7-4-11/h3-4,6-9,23-24,26H,5,10H2,1-2H3,(H,25,28). The van der Waals surface area contributed by atoms with E-state index in [1.165, 1.54) is 20.3 Å². The molecule has 2 heterocycles. The number of carbonyl (C=O) groups is 2. The number of carbonyl (C=O) groups excluding carboxylic acids is 2. The fourth-order valence-corrected chi connectivity index (χ4v) is 3.30. The molecule has 0 radical (unpaired) electrons. The first-order valence-corrected chi connectivity index (χ1v) is 9.53. The van der Waals surface area contributed by atoms with Gasteiger partial charge in [-0.3, -0.25) is 19.8 Å². The number of phenolic OH excluding ortho intramolecular Hbond substituents is 1. The zero-order chi connectivity index (χ0) is 22.5. The van der Waals surface area contributed by atoms with Gasteiger partial charge in [-0.1, -0.05) is 29.8 Å². The molecule has 0 amide bonds. The number of hydrogen-bond acceptors (Lipinski definition) is 6. The van der Waals surface area contributed by atoms with Crippen molar-refractivity contribution in [2.24, 2.45) is 0 Å². The van der Waals surface area contributed by atoms with E-state index < -0.39 is 17.5 Å². The van der Waals surface area contributed by atoms with Crippen LogP contribution in [0.15, 0.2) is 29.1 Å². The third kappa shape index (κ3) is 4.89. The summed E-state index contributed by atoms with van der Waals surface area (Å²) in [6.07, 6.45) is 3.48. The molecule has 0 unspecified atom stereocenters. The van der Waals surface area contributed by atoms with E-state index in [0.717, 1.165) is 5.56 Å². The Balaban J connectivity index is 2.11. The number of ether oxygens (including phenoxy) is 2. The van der Waals surface area contributed by atoms with Crippen LogP contribution in [0.25, 0.3) is 12.2 Å².